The number of benzene rings is 1. The molecule has 1 atom stereocenters. The first-order chi connectivity index (χ1) is 8.47. The first-order valence-corrected chi connectivity index (χ1v) is 6.71. The lowest BCUT2D eigenvalue weighted by Gasteiger charge is -2.07. The summed E-state index contributed by atoms with van der Waals surface area (Å²) in [5.41, 5.74) is 3.19. The molecule has 0 spiro atoms. The molecule has 0 saturated heterocycles. The second kappa shape index (κ2) is 5.28. The lowest BCUT2D eigenvalue weighted by molar-refractivity contribution is 0.510. The molecule has 18 heavy (non-hydrogen) atoms. The zero-order valence-corrected chi connectivity index (χ0v) is 12.6. The van der Waals surface area contributed by atoms with Gasteiger partial charge in [-0.1, -0.05) is 21.0 Å². The molecular weight excluding hydrogens is 318 g/mol. The Balaban J connectivity index is 2.23. The van der Waals surface area contributed by atoms with Gasteiger partial charge in [0, 0.05) is 10.2 Å². The standard InChI is InChI=1S/C12H13BrClN3O/c1-6-4-9(5-7(2)10(6)13)15-12-17-16-11(18-12)8(3)14/h4-5,8H,1-3H3,(H,15,17). The Morgan fingerprint density at radius 1 is 1.28 bits per heavy atom. The molecule has 0 aliphatic carbocycles. The summed E-state index contributed by atoms with van der Waals surface area (Å²) in [4.78, 5) is 0. The number of rotatable bonds is 3. The van der Waals surface area contributed by atoms with Crippen molar-refractivity contribution in [1.29, 1.82) is 0 Å². The highest BCUT2D eigenvalue weighted by Gasteiger charge is 2.11. The molecule has 1 heterocycles. The minimum Gasteiger partial charge on any atom is -0.406 e. The van der Waals surface area contributed by atoms with Crippen molar-refractivity contribution in [3.05, 3.63) is 33.6 Å². The SMILES string of the molecule is Cc1cc(Nc2nnc(C(C)Cl)o2)cc(C)c1Br. The average Bonchev–Trinajstić information content (AvgIpc) is 2.74. The number of halogens is 2. The molecule has 1 N–H and O–H groups in total. The van der Waals surface area contributed by atoms with Gasteiger partial charge in [0.05, 0.1) is 0 Å². The monoisotopic (exact) mass is 329 g/mol. The van der Waals surface area contributed by atoms with Gasteiger partial charge >= 0.3 is 6.01 Å². The fraction of sp³-hybridized carbons (Fsp3) is 0.333. The molecule has 0 aliphatic heterocycles. The molecule has 0 fully saturated rings. The Labute approximate surface area is 119 Å². The van der Waals surface area contributed by atoms with Crippen LogP contribution in [0, 0.1) is 13.8 Å². The largest absolute Gasteiger partial charge is 0.406 e. The number of nitrogens with one attached hydrogen (secondary N) is 1. The van der Waals surface area contributed by atoms with Gasteiger partial charge in [0.15, 0.2) is 0 Å². The Morgan fingerprint density at radius 2 is 1.89 bits per heavy atom. The predicted octanol–water partition coefficient (Wildman–Crippen LogP) is 4.49. The highest BCUT2D eigenvalue weighted by molar-refractivity contribution is 9.10. The number of aryl methyl sites for hydroxylation is 2. The fourth-order valence-corrected chi connectivity index (χ4v) is 1.90. The van der Waals surface area contributed by atoms with Gasteiger partial charge in [-0.15, -0.1) is 16.7 Å². The van der Waals surface area contributed by atoms with E-state index in [1.165, 1.54) is 0 Å². The molecule has 2 rings (SSSR count). The molecule has 6 heteroatoms. The molecule has 1 aromatic carbocycles. The second-order valence-electron chi connectivity index (χ2n) is 4.11. The third kappa shape index (κ3) is 2.84. The molecule has 0 amide bonds. The maximum atomic E-state index is 5.86. The van der Waals surface area contributed by atoms with Crippen LogP contribution >= 0.6 is 27.5 Å². The number of alkyl halides is 1. The van der Waals surface area contributed by atoms with E-state index < -0.39 is 0 Å². The Bertz CT molecular complexity index is 545. The first-order valence-electron chi connectivity index (χ1n) is 5.48. The van der Waals surface area contributed by atoms with E-state index >= 15 is 0 Å². The van der Waals surface area contributed by atoms with Crippen LogP contribution in [0.1, 0.15) is 29.3 Å². The third-order valence-electron chi connectivity index (χ3n) is 2.47. The average molecular weight is 331 g/mol. The van der Waals surface area contributed by atoms with Crippen molar-refractivity contribution in [3.8, 4) is 0 Å². The molecule has 2 aromatic rings. The van der Waals surface area contributed by atoms with Crippen LogP contribution in [0.2, 0.25) is 0 Å². The minimum absolute atomic E-state index is 0.290. The Kier molecular flexibility index (Phi) is 3.92. The first kappa shape index (κ1) is 13.4. The summed E-state index contributed by atoms with van der Waals surface area (Å²) in [6.07, 6.45) is 0. The van der Waals surface area contributed by atoms with Crippen molar-refractivity contribution < 1.29 is 4.42 Å². The van der Waals surface area contributed by atoms with Crippen LogP contribution in [0.15, 0.2) is 21.0 Å². The van der Waals surface area contributed by atoms with Crippen molar-refractivity contribution in [2.75, 3.05) is 5.32 Å². The van der Waals surface area contributed by atoms with Gasteiger partial charge in [0.2, 0.25) is 5.89 Å². The van der Waals surface area contributed by atoms with E-state index in [2.05, 4.69) is 31.4 Å². The number of hydrogen-bond acceptors (Lipinski definition) is 4. The Hall–Kier alpha value is -1.07. The lowest BCUT2D eigenvalue weighted by atomic mass is 10.1. The highest BCUT2D eigenvalue weighted by atomic mass is 79.9. The van der Waals surface area contributed by atoms with Crippen molar-refractivity contribution in [2.24, 2.45) is 0 Å². The van der Waals surface area contributed by atoms with Crippen molar-refractivity contribution in [2.45, 2.75) is 26.1 Å². The number of aromatic nitrogens is 2. The lowest BCUT2D eigenvalue weighted by Crippen LogP contribution is -1.93. The van der Waals surface area contributed by atoms with E-state index in [0.717, 1.165) is 21.3 Å². The van der Waals surface area contributed by atoms with Crippen molar-refractivity contribution >= 4 is 39.2 Å². The quantitative estimate of drug-likeness (QED) is 0.842. The van der Waals surface area contributed by atoms with E-state index in [1.54, 1.807) is 6.92 Å². The summed E-state index contributed by atoms with van der Waals surface area (Å²) >= 11 is 9.39. The van der Waals surface area contributed by atoms with E-state index in [9.17, 15) is 0 Å². The normalized spacial score (nSPS) is 12.5. The zero-order valence-electron chi connectivity index (χ0n) is 10.3. The zero-order chi connectivity index (χ0) is 13.3. The van der Waals surface area contributed by atoms with E-state index in [0.29, 0.717) is 11.9 Å². The van der Waals surface area contributed by atoms with E-state index in [1.807, 2.05) is 26.0 Å². The third-order valence-corrected chi connectivity index (χ3v) is 3.91. The van der Waals surface area contributed by atoms with Crippen molar-refractivity contribution in [1.82, 2.24) is 10.2 Å². The number of hydrogen-bond donors (Lipinski definition) is 1. The van der Waals surface area contributed by atoms with Gasteiger partial charge in [-0.05, 0) is 44.0 Å². The molecule has 4 nitrogen and oxygen atoms in total. The minimum atomic E-state index is -0.290. The smallest absolute Gasteiger partial charge is 0.320 e. The summed E-state index contributed by atoms with van der Waals surface area (Å²) < 4.78 is 6.49. The van der Waals surface area contributed by atoms with Crippen LogP contribution in [0.5, 0.6) is 0 Å². The van der Waals surface area contributed by atoms with E-state index in [-0.39, 0.29) is 5.38 Å². The van der Waals surface area contributed by atoms with Crippen molar-refractivity contribution in [3.63, 3.8) is 0 Å². The number of nitrogens with zero attached hydrogens (tertiary/aromatic N) is 2. The van der Waals surface area contributed by atoms with Crippen LogP contribution in [-0.2, 0) is 0 Å². The summed E-state index contributed by atoms with van der Waals surface area (Å²) in [7, 11) is 0. The van der Waals surface area contributed by atoms with Crippen LogP contribution in [-0.4, -0.2) is 10.2 Å². The van der Waals surface area contributed by atoms with Crippen LogP contribution < -0.4 is 5.32 Å². The topological polar surface area (TPSA) is 51.0 Å². The molecule has 0 aliphatic rings. The fourth-order valence-electron chi connectivity index (χ4n) is 1.59. The maximum Gasteiger partial charge on any atom is 0.320 e. The summed E-state index contributed by atoms with van der Waals surface area (Å²) in [6.45, 7) is 5.84. The second-order valence-corrected chi connectivity index (χ2v) is 5.56. The van der Waals surface area contributed by atoms with Gasteiger partial charge in [0.25, 0.3) is 0 Å². The van der Waals surface area contributed by atoms with Gasteiger partial charge in [-0.2, -0.15) is 0 Å². The van der Waals surface area contributed by atoms with Crippen LogP contribution in [0.25, 0.3) is 0 Å². The van der Waals surface area contributed by atoms with Gasteiger partial charge in [0.1, 0.15) is 5.38 Å². The molecule has 0 bridgehead atoms. The van der Waals surface area contributed by atoms with Crippen LogP contribution in [0.3, 0.4) is 0 Å². The number of anilines is 2. The maximum absolute atomic E-state index is 5.86. The molecular formula is C12H13BrClN3O. The molecule has 0 saturated carbocycles. The molecule has 1 aromatic heterocycles. The summed E-state index contributed by atoms with van der Waals surface area (Å²) in [5.74, 6) is 0.407. The molecule has 1 unspecified atom stereocenters. The van der Waals surface area contributed by atoms with Gasteiger partial charge in [-0.25, -0.2) is 0 Å². The van der Waals surface area contributed by atoms with Gasteiger partial charge in [-0.3, -0.25) is 0 Å². The van der Waals surface area contributed by atoms with Crippen LogP contribution in [0.4, 0.5) is 11.7 Å². The van der Waals surface area contributed by atoms with Gasteiger partial charge < -0.3 is 9.73 Å². The molecule has 0 radical (unpaired) electrons. The predicted molar refractivity (Wildman–Crippen MR) is 75.5 cm³/mol. The summed E-state index contributed by atoms with van der Waals surface area (Å²) in [6, 6.07) is 4.36. The molecule has 96 valence electrons. The summed E-state index contributed by atoms with van der Waals surface area (Å²) in [5, 5.41) is 10.5. The highest BCUT2D eigenvalue weighted by Crippen LogP contribution is 2.27. The van der Waals surface area contributed by atoms with E-state index in [4.69, 9.17) is 16.0 Å². The Morgan fingerprint density at radius 3 is 2.39 bits per heavy atom.